The standard InChI is InChI=1S/C11H15N3O/c15-7-9-10(8-3-1-4-8)13-11-12-5-2-6-14(9)11/h7-8H,1-6H2,(H,12,13). The van der Waals surface area contributed by atoms with E-state index in [4.69, 9.17) is 0 Å². The molecule has 80 valence electrons. The Morgan fingerprint density at radius 1 is 1.40 bits per heavy atom. The lowest BCUT2D eigenvalue weighted by Gasteiger charge is -2.23. The van der Waals surface area contributed by atoms with Crippen LogP contribution in [0.1, 0.15) is 47.8 Å². The van der Waals surface area contributed by atoms with Gasteiger partial charge in [-0.05, 0) is 19.3 Å². The van der Waals surface area contributed by atoms with Gasteiger partial charge >= 0.3 is 0 Å². The second kappa shape index (κ2) is 3.36. The maximum absolute atomic E-state index is 11.1. The van der Waals surface area contributed by atoms with Crippen LogP contribution in [0.4, 0.5) is 5.95 Å². The number of anilines is 1. The molecule has 4 nitrogen and oxygen atoms in total. The van der Waals surface area contributed by atoms with Crippen molar-refractivity contribution in [2.24, 2.45) is 0 Å². The molecule has 1 saturated carbocycles. The fourth-order valence-electron chi connectivity index (χ4n) is 2.39. The summed E-state index contributed by atoms with van der Waals surface area (Å²) < 4.78 is 2.03. The van der Waals surface area contributed by atoms with Gasteiger partial charge < -0.3 is 9.88 Å². The Kier molecular flexibility index (Phi) is 2.01. The highest BCUT2D eigenvalue weighted by molar-refractivity contribution is 5.76. The minimum Gasteiger partial charge on any atom is -0.356 e. The molecule has 0 bridgehead atoms. The summed E-state index contributed by atoms with van der Waals surface area (Å²) in [7, 11) is 0. The number of hydrogen-bond donors (Lipinski definition) is 1. The molecule has 4 heteroatoms. The van der Waals surface area contributed by atoms with Gasteiger partial charge in [0.15, 0.2) is 6.29 Å². The summed E-state index contributed by atoms with van der Waals surface area (Å²) in [5.74, 6) is 1.43. The summed E-state index contributed by atoms with van der Waals surface area (Å²) in [6, 6.07) is 0. The number of aldehydes is 1. The summed E-state index contributed by atoms with van der Waals surface area (Å²) in [6.07, 6.45) is 5.71. The number of imidazole rings is 1. The Bertz CT molecular complexity index is 393. The van der Waals surface area contributed by atoms with Crippen LogP contribution in [-0.2, 0) is 6.54 Å². The number of fused-ring (bicyclic) bond motifs is 1. The SMILES string of the molecule is O=Cc1c(C2CCC2)nc2n1CCCN2. The number of carbonyl (C=O) groups excluding carboxylic acids is 1. The first kappa shape index (κ1) is 8.95. The van der Waals surface area contributed by atoms with Crippen LogP contribution in [0.2, 0.25) is 0 Å². The van der Waals surface area contributed by atoms with Crippen LogP contribution in [0.15, 0.2) is 0 Å². The van der Waals surface area contributed by atoms with Crippen molar-refractivity contribution in [3.63, 3.8) is 0 Å². The maximum atomic E-state index is 11.1. The number of hydrogen-bond acceptors (Lipinski definition) is 3. The zero-order valence-corrected chi connectivity index (χ0v) is 8.70. The van der Waals surface area contributed by atoms with E-state index >= 15 is 0 Å². The van der Waals surface area contributed by atoms with Gasteiger partial charge in [-0.15, -0.1) is 0 Å². The van der Waals surface area contributed by atoms with Crippen LogP contribution in [0, 0.1) is 0 Å². The normalized spacial score (nSPS) is 20.3. The van der Waals surface area contributed by atoms with E-state index < -0.39 is 0 Å². The van der Waals surface area contributed by atoms with Crippen molar-refractivity contribution in [1.29, 1.82) is 0 Å². The first-order chi connectivity index (χ1) is 7.40. The van der Waals surface area contributed by atoms with E-state index in [1.54, 1.807) is 0 Å². The van der Waals surface area contributed by atoms with E-state index in [1.165, 1.54) is 19.3 Å². The monoisotopic (exact) mass is 205 g/mol. The topological polar surface area (TPSA) is 46.9 Å². The summed E-state index contributed by atoms with van der Waals surface area (Å²) in [6.45, 7) is 1.90. The molecule has 1 aliphatic carbocycles. The van der Waals surface area contributed by atoms with Gasteiger partial charge in [0.05, 0.1) is 5.69 Å². The lowest BCUT2D eigenvalue weighted by Crippen LogP contribution is -2.18. The molecular weight excluding hydrogens is 190 g/mol. The van der Waals surface area contributed by atoms with Crippen molar-refractivity contribution < 1.29 is 4.79 Å². The zero-order chi connectivity index (χ0) is 10.3. The molecule has 0 spiro atoms. The summed E-state index contributed by atoms with van der Waals surface area (Å²) >= 11 is 0. The Hall–Kier alpha value is -1.32. The first-order valence-corrected chi connectivity index (χ1v) is 5.69. The van der Waals surface area contributed by atoms with Gasteiger partial charge in [-0.25, -0.2) is 4.98 Å². The number of aromatic nitrogens is 2. The van der Waals surface area contributed by atoms with Crippen LogP contribution >= 0.6 is 0 Å². The number of nitrogens with one attached hydrogen (secondary N) is 1. The first-order valence-electron chi connectivity index (χ1n) is 5.69. The molecule has 0 saturated heterocycles. The zero-order valence-electron chi connectivity index (χ0n) is 8.70. The Balaban J connectivity index is 2.05. The predicted octanol–water partition coefficient (Wildman–Crippen LogP) is 1.78. The molecule has 2 heterocycles. The van der Waals surface area contributed by atoms with Gasteiger partial charge in [-0.2, -0.15) is 0 Å². The molecule has 1 aromatic heterocycles. The minimum absolute atomic E-state index is 0.532. The highest BCUT2D eigenvalue weighted by atomic mass is 16.1. The summed E-state index contributed by atoms with van der Waals surface area (Å²) in [4.78, 5) is 15.7. The lowest BCUT2D eigenvalue weighted by molar-refractivity contribution is 0.111. The van der Waals surface area contributed by atoms with E-state index in [9.17, 15) is 4.79 Å². The molecule has 1 fully saturated rings. The highest BCUT2D eigenvalue weighted by Crippen LogP contribution is 2.38. The van der Waals surface area contributed by atoms with Gasteiger partial charge in [0.2, 0.25) is 5.95 Å². The van der Waals surface area contributed by atoms with E-state index in [0.29, 0.717) is 5.92 Å². The molecule has 1 aromatic rings. The number of nitrogens with zero attached hydrogens (tertiary/aromatic N) is 2. The van der Waals surface area contributed by atoms with Crippen LogP contribution < -0.4 is 5.32 Å². The second-order valence-corrected chi connectivity index (χ2v) is 4.38. The Labute approximate surface area is 88.7 Å². The van der Waals surface area contributed by atoms with E-state index in [2.05, 4.69) is 10.3 Å². The number of carbonyl (C=O) groups is 1. The summed E-state index contributed by atoms with van der Waals surface area (Å²) in [5.41, 5.74) is 1.84. The third-order valence-electron chi connectivity index (χ3n) is 3.48. The van der Waals surface area contributed by atoms with Crippen molar-refractivity contribution in [3.05, 3.63) is 11.4 Å². The highest BCUT2D eigenvalue weighted by Gasteiger charge is 2.28. The quantitative estimate of drug-likeness (QED) is 0.748. The Morgan fingerprint density at radius 3 is 2.93 bits per heavy atom. The average molecular weight is 205 g/mol. The van der Waals surface area contributed by atoms with Crippen molar-refractivity contribution in [3.8, 4) is 0 Å². The second-order valence-electron chi connectivity index (χ2n) is 4.38. The molecule has 0 atom stereocenters. The predicted molar refractivity (Wildman–Crippen MR) is 57.3 cm³/mol. The van der Waals surface area contributed by atoms with Crippen LogP contribution in [0.25, 0.3) is 0 Å². The number of rotatable bonds is 2. The van der Waals surface area contributed by atoms with Crippen LogP contribution in [0.5, 0.6) is 0 Å². The third kappa shape index (κ3) is 1.28. The molecule has 1 N–H and O–H groups in total. The molecular formula is C11H15N3O. The van der Waals surface area contributed by atoms with Gasteiger partial charge in [-0.3, -0.25) is 4.79 Å². The van der Waals surface area contributed by atoms with Crippen molar-refractivity contribution in [2.45, 2.75) is 38.1 Å². The molecule has 3 rings (SSSR count). The molecule has 0 aromatic carbocycles. The van der Waals surface area contributed by atoms with Crippen molar-refractivity contribution >= 4 is 12.2 Å². The Morgan fingerprint density at radius 2 is 2.27 bits per heavy atom. The van der Waals surface area contributed by atoms with E-state index in [0.717, 1.165) is 43.1 Å². The molecule has 15 heavy (non-hydrogen) atoms. The minimum atomic E-state index is 0.532. The largest absolute Gasteiger partial charge is 0.356 e. The van der Waals surface area contributed by atoms with Gasteiger partial charge in [0.1, 0.15) is 5.69 Å². The maximum Gasteiger partial charge on any atom is 0.203 e. The van der Waals surface area contributed by atoms with Gasteiger partial charge in [0, 0.05) is 19.0 Å². The molecule has 2 aliphatic rings. The fourth-order valence-corrected chi connectivity index (χ4v) is 2.39. The summed E-state index contributed by atoms with van der Waals surface area (Å²) in [5, 5.41) is 3.25. The van der Waals surface area contributed by atoms with Crippen molar-refractivity contribution in [1.82, 2.24) is 9.55 Å². The van der Waals surface area contributed by atoms with Crippen LogP contribution in [0.3, 0.4) is 0 Å². The lowest BCUT2D eigenvalue weighted by atomic mass is 9.82. The van der Waals surface area contributed by atoms with Crippen molar-refractivity contribution in [2.75, 3.05) is 11.9 Å². The molecule has 1 aliphatic heterocycles. The van der Waals surface area contributed by atoms with Crippen LogP contribution in [-0.4, -0.2) is 22.4 Å². The molecule has 0 amide bonds. The molecule has 0 unspecified atom stereocenters. The van der Waals surface area contributed by atoms with E-state index in [-0.39, 0.29) is 0 Å². The third-order valence-corrected chi connectivity index (χ3v) is 3.48. The fraction of sp³-hybridized carbons (Fsp3) is 0.636. The van der Waals surface area contributed by atoms with Gasteiger partial charge in [0.25, 0.3) is 0 Å². The molecule has 0 radical (unpaired) electrons. The van der Waals surface area contributed by atoms with Gasteiger partial charge in [-0.1, -0.05) is 6.42 Å². The van der Waals surface area contributed by atoms with E-state index in [1.807, 2.05) is 4.57 Å². The average Bonchev–Trinajstić information content (AvgIpc) is 2.53. The smallest absolute Gasteiger partial charge is 0.203 e.